The topological polar surface area (TPSA) is 125 Å². The number of hydrogen-bond acceptors (Lipinski definition) is 10. The first-order valence-corrected chi connectivity index (χ1v) is 11.1. The highest BCUT2D eigenvalue weighted by Crippen LogP contribution is 2.34. The van der Waals surface area contributed by atoms with E-state index in [0.717, 1.165) is 5.56 Å². The Kier molecular flexibility index (Phi) is 7.90. The second kappa shape index (κ2) is 10.8. The van der Waals surface area contributed by atoms with Crippen molar-refractivity contribution < 1.29 is 33.3 Å². The second-order valence-electron chi connectivity index (χ2n) is 7.18. The van der Waals surface area contributed by atoms with Crippen molar-refractivity contribution >= 4 is 29.7 Å². The molecule has 10 heteroatoms. The van der Waals surface area contributed by atoms with Crippen LogP contribution in [0.2, 0.25) is 0 Å². The van der Waals surface area contributed by atoms with Crippen LogP contribution in [0.5, 0.6) is 5.75 Å². The van der Waals surface area contributed by atoms with Crippen molar-refractivity contribution in [3.05, 3.63) is 48.2 Å². The number of nitrogens with zero attached hydrogens (tertiary/aromatic N) is 2. The van der Waals surface area contributed by atoms with E-state index in [0.29, 0.717) is 17.0 Å². The van der Waals surface area contributed by atoms with Crippen molar-refractivity contribution in [2.24, 2.45) is 0 Å². The maximum atomic E-state index is 11.7. The van der Waals surface area contributed by atoms with E-state index in [-0.39, 0.29) is 5.75 Å². The molecule has 1 aromatic heterocycles. The minimum atomic E-state index is -1.02. The Morgan fingerprint density at radius 2 is 1.58 bits per heavy atom. The van der Waals surface area contributed by atoms with Crippen LogP contribution in [0.1, 0.15) is 26.3 Å². The third-order valence-electron chi connectivity index (χ3n) is 4.60. The first-order valence-electron chi connectivity index (χ1n) is 10.0. The molecule has 0 amide bonds. The first kappa shape index (κ1) is 24.1. The molecule has 0 aliphatic carbocycles. The van der Waals surface area contributed by atoms with Crippen LogP contribution in [-0.4, -0.2) is 52.4 Å². The fourth-order valence-corrected chi connectivity index (χ4v) is 4.50. The van der Waals surface area contributed by atoms with Crippen molar-refractivity contribution in [2.45, 2.75) is 44.5 Å². The second-order valence-corrected chi connectivity index (χ2v) is 8.32. The van der Waals surface area contributed by atoms with E-state index in [2.05, 4.69) is 11.1 Å². The van der Waals surface area contributed by atoms with Crippen molar-refractivity contribution in [1.29, 1.82) is 5.26 Å². The molecule has 33 heavy (non-hydrogen) atoms. The van der Waals surface area contributed by atoms with Crippen LogP contribution in [0.3, 0.4) is 0 Å². The maximum Gasteiger partial charge on any atom is 0.303 e. The number of nitriles is 1. The van der Waals surface area contributed by atoms with Crippen LogP contribution < -0.4 is 4.74 Å². The third kappa shape index (κ3) is 6.46. The zero-order valence-corrected chi connectivity index (χ0v) is 19.0. The maximum absolute atomic E-state index is 11.7. The number of esters is 3. The van der Waals surface area contributed by atoms with Crippen LogP contribution in [0, 0.1) is 11.3 Å². The molecule has 1 aliphatic rings. The molecule has 172 valence electrons. The summed E-state index contributed by atoms with van der Waals surface area (Å²) in [5, 5.41) is 8.93. The molecule has 1 saturated heterocycles. The van der Waals surface area contributed by atoms with Crippen LogP contribution in [0.15, 0.2) is 42.6 Å². The van der Waals surface area contributed by atoms with E-state index in [4.69, 9.17) is 24.2 Å². The van der Waals surface area contributed by atoms with Gasteiger partial charge in [-0.1, -0.05) is 12.1 Å². The van der Waals surface area contributed by atoms with Gasteiger partial charge in [-0.2, -0.15) is 5.26 Å². The average Bonchev–Trinajstić information content (AvgIpc) is 2.77. The Bertz CT molecular complexity index is 1050. The SMILES string of the molecule is CC(=O)O[C@@H]1[C@@H](OC(C)=O)[C@@H](Oc2ccc(-c3ccc(C#N)cc3)nc2)SC[C@H]1OC(C)=O. The van der Waals surface area contributed by atoms with Crippen LogP contribution >= 0.6 is 11.8 Å². The van der Waals surface area contributed by atoms with Crippen molar-refractivity contribution in [1.82, 2.24) is 4.98 Å². The number of ether oxygens (including phenoxy) is 4. The van der Waals surface area contributed by atoms with Crippen molar-refractivity contribution in [3.63, 3.8) is 0 Å². The lowest BCUT2D eigenvalue weighted by Crippen LogP contribution is -2.55. The van der Waals surface area contributed by atoms with Gasteiger partial charge in [0, 0.05) is 32.1 Å². The smallest absolute Gasteiger partial charge is 0.303 e. The largest absolute Gasteiger partial charge is 0.474 e. The molecule has 0 N–H and O–H groups in total. The average molecular weight is 471 g/mol. The summed E-state index contributed by atoms with van der Waals surface area (Å²) < 4.78 is 22.1. The zero-order chi connectivity index (χ0) is 24.0. The number of thioether (sulfide) groups is 1. The summed E-state index contributed by atoms with van der Waals surface area (Å²) in [6.45, 7) is 3.70. The fraction of sp³-hybridized carbons (Fsp3) is 0.348. The predicted octanol–water partition coefficient (Wildman–Crippen LogP) is 2.87. The number of rotatable bonds is 6. The van der Waals surface area contributed by atoms with Gasteiger partial charge in [0.05, 0.1) is 23.5 Å². The van der Waals surface area contributed by atoms with Gasteiger partial charge in [-0.05, 0) is 24.3 Å². The number of hydrogen-bond donors (Lipinski definition) is 0. The number of benzene rings is 1. The zero-order valence-electron chi connectivity index (χ0n) is 18.2. The normalized spacial score (nSPS) is 21.9. The molecule has 0 bridgehead atoms. The van der Waals surface area contributed by atoms with E-state index in [1.54, 1.807) is 36.4 Å². The molecule has 1 fully saturated rings. The molecule has 4 atom stereocenters. The summed E-state index contributed by atoms with van der Waals surface area (Å²) in [7, 11) is 0. The fourth-order valence-electron chi connectivity index (χ4n) is 3.28. The van der Waals surface area contributed by atoms with Gasteiger partial charge in [0.25, 0.3) is 0 Å². The van der Waals surface area contributed by atoms with Gasteiger partial charge in [-0.3, -0.25) is 19.4 Å². The third-order valence-corrected chi connectivity index (χ3v) is 5.82. The van der Waals surface area contributed by atoms with Gasteiger partial charge in [-0.25, -0.2) is 0 Å². The molecule has 9 nitrogen and oxygen atoms in total. The van der Waals surface area contributed by atoms with Crippen LogP contribution in [0.4, 0.5) is 0 Å². The molecule has 3 rings (SSSR count). The lowest BCUT2D eigenvalue weighted by molar-refractivity contribution is -0.186. The summed E-state index contributed by atoms with van der Waals surface area (Å²) in [6, 6.07) is 12.6. The molecule has 1 aromatic carbocycles. The molecule has 0 saturated carbocycles. The predicted molar refractivity (Wildman–Crippen MR) is 118 cm³/mol. The molecule has 1 aliphatic heterocycles. The lowest BCUT2D eigenvalue weighted by Gasteiger charge is -2.39. The Morgan fingerprint density at radius 3 is 2.12 bits per heavy atom. The highest BCUT2D eigenvalue weighted by molar-refractivity contribution is 7.99. The molecule has 2 heterocycles. The van der Waals surface area contributed by atoms with Gasteiger partial charge in [0.2, 0.25) is 0 Å². The number of pyridine rings is 1. The lowest BCUT2D eigenvalue weighted by atomic mass is 10.1. The van der Waals surface area contributed by atoms with E-state index in [1.807, 2.05) is 0 Å². The number of carbonyl (C=O) groups is 3. The first-order chi connectivity index (χ1) is 15.8. The van der Waals surface area contributed by atoms with E-state index in [9.17, 15) is 14.4 Å². The number of carbonyl (C=O) groups excluding carboxylic acids is 3. The minimum absolute atomic E-state index is 0.275. The molecular weight excluding hydrogens is 448 g/mol. The molecule has 0 unspecified atom stereocenters. The van der Waals surface area contributed by atoms with Gasteiger partial charge < -0.3 is 18.9 Å². The summed E-state index contributed by atoms with van der Waals surface area (Å²) in [5.41, 5.74) is 1.35. The van der Waals surface area contributed by atoms with Crippen LogP contribution in [-0.2, 0) is 28.6 Å². The van der Waals surface area contributed by atoms with Gasteiger partial charge in [0.15, 0.2) is 23.7 Å². The number of aromatic nitrogens is 1. The summed E-state index contributed by atoms with van der Waals surface area (Å²) in [4.78, 5) is 39.3. The Hall–Kier alpha value is -3.58. The van der Waals surface area contributed by atoms with Gasteiger partial charge in [-0.15, -0.1) is 11.8 Å². The highest BCUT2D eigenvalue weighted by Gasteiger charge is 2.47. The molecule has 0 spiro atoms. The summed E-state index contributed by atoms with van der Waals surface area (Å²) in [5.74, 6) is -1.05. The van der Waals surface area contributed by atoms with E-state index < -0.39 is 41.7 Å². The molecular formula is C23H22N2O7S. The van der Waals surface area contributed by atoms with Gasteiger partial charge in [0.1, 0.15) is 5.75 Å². The Morgan fingerprint density at radius 1 is 0.939 bits per heavy atom. The van der Waals surface area contributed by atoms with E-state index >= 15 is 0 Å². The Balaban J connectivity index is 1.79. The van der Waals surface area contributed by atoms with E-state index in [1.165, 1.54) is 38.7 Å². The summed E-state index contributed by atoms with van der Waals surface area (Å²) in [6.07, 6.45) is -1.30. The van der Waals surface area contributed by atoms with Crippen molar-refractivity contribution in [2.75, 3.05) is 5.75 Å². The van der Waals surface area contributed by atoms with Crippen LogP contribution in [0.25, 0.3) is 11.3 Å². The highest BCUT2D eigenvalue weighted by atomic mass is 32.2. The van der Waals surface area contributed by atoms with Gasteiger partial charge >= 0.3 is 17.9 Å². The standard InChI is InChI=1S/C23H22N2O7S/c1-13(26)29-20-12-33-23(22(31-15(3)28)21(20)30-14(2)27)32-18-8-9-19(25-11-18)17-6-4-16(10-24)5-7-17/h4-9,11,20-23H,12H2,1-3H3/t20-,21+,22-,23+/m1/s1. The van der Waals surface area contributed by atoms with Crippen molar-refractivity contribution in [3.8, 4) is 23.1 Å². The quantitative estimate of drug-likeness (QED) is 0.459. The molecule has 2 aromatic rings. The Labute approximate surface area is 195 Å². The summed E-state index contributed by atoms with van der Waals surface area (Å²) >= 11 is 1.27. The monoisotopic (exact) mass is 470 g/mol. The minimum Gasteiger partial charge on any atom is -0.474 e. The molecule has 0 radical (unpaired) electrons.